The molecule has 0 unspecified atom stereocenters. The van der Waals surface area contributed by atoms with Gasteiger partial charge in [0.2, 0.25) is 0 Å². The molecule has 0 aliphatic heterocycles. The van der Waals surface area contributed by atoms with E-state index in [1.165, 1.54) is 17.5 Å². The van der Waals surface area contributed by atoms with Gasteiger partial charge in [-0.15, -0.1) is 11.6 Å². The Hall–Kier alpha value is -0.800. The molecular weight excluding hydrogens is 252 g/mol. The number of aromatic nitrogens is 1. The standard InChI is InChI=1S/C13H17ClN2S/c1-16(10-6-2-5-9-14)13-15-11-7-3-4-8-12(11)17-13/h3-4,7-8H,2,5-6,9-10H2,1H3. The van der Waals surface area contributed by atoms with E-state index in [0.29, 0.717) is 0 Å². The topological polar surface area (TPSA) is 16.1 Å². The third-order valence-electron chi connectivity index (χ3n) is 2.74. The summed E-state index contributed by atoms with van der Waals surface area (Å²) in [6.45, 7) is 1.05. The molecule has 1 heterocycles. The number of halogens is 1. The molecule has 2 rings (SSSR count). The van der Waals surface area contributed by atoms with E-state index < -0.39 is 0 Å². The van der Waals surface area contributed by atoms with Crippen molar-refractivity contribution in [2.75, 3.05) is 24.4 Å². The van der Waals surface area contributed by atoms with Crippen LogP contribution in [-0.2, 0) is 0 Å². The molecule has 0 fully saturated rings. The fraction of sp³-hybridized carbons (Fsp3) is 0.462. The minimum absolute atomic E-state index is 0.769. The van der Waals surface area contributed by atoms with Gasteiger partial charge in [-0.3, -0.25) is 0 Å². The second-order valence-corrected chi connectivity index (χ2v) is 5.52. The summed E-state index contributed by atoms with van der Waals surface area (Å²) in [6.07, 6.45) is 3.48. The number of fused-ring (bicyclic) bond motifs is 1. The predicted molar refractivity (Wildman–Crippen MR) is 77.5 cm³/mol. The largest absolute Gasteiger partial charge is 0.351 e. The second kappa shape index (κ2) is 6.22. The predicted octanol–water partition coefficient (Wildman–Crippen LogP) is 4.14. The van der Waals surface area contributed by atoms with Crippen LogP contribution in [0.1, 0.15) is 19.3 Å². The summed E-state index contributed by atoms with van der Waals surface area (Å²) in [5.74, 6) is 0.769. The molecular formula is C13H17ClN2S. The van der Waals surface area contributed by atoms with Crippen molar-refractivity contribution < 1.29 is 0 Å². The van der Waals surface area contributed by atoms with Gasteiger partial charge in [-0.2, -0.15) is 0 Å². The van der Waals surface area contributed by atoms with Crippen LogP contribution in [0.15, 0.2) is 24.3 Å². The molecule has 0 bridgehead atoms. The summed E-state index contributed by atoms with van der Waals surface area (Å²) in [5.41, 5.74) is 1.10. The first kappa shape index (κ1) is 12.7. The number of hydrogen-bond donors (Lipinski definition) is 0. The van der Waals surface area contributed by atoms with Gasteiger partial charge in [0.25, 0.3) is 0 Å². The first-order valence-electron chi connectivity index (χ1n) is 5.94. The number of rotatable bonds is 6. The fourth-order valence-corrected chi connectivity index (χ4v) is 2.88. The van der Waals surface area contributed by atoms with Crippen molar-refractivity contribution in [2.24, 2.45) is 0 Å². The molecule has 2 aromatic rings. The van der Waals surface area contributed by atoms with Crippen molar-refractivity contribution >= 4 is 38.3 Å². The lowest BCUT2D eigenvalue weighted by Crippen LogP contribution is -2.18. The number of anilines is 1. The number of thiazole rings is 1. The molecule has 2 nitrogen and oxygen atoms in total. The van der Waals surface area contributed by atoms with Crippen molar-refractivity contribution in [1.29, 1.82) is 0 Å². The van der Waals surface area contributed by atoms with Crippen molar-refractivity contribution in [3.8, 4) is 0 Å². The molecule has 1 aromatic heterocycles. The number of para-hydroxylation sites is 1. The van der Waals surface area contributed by atoms with Crippen LogP contribution in [0.5, 0.6) is 0 Å². The highest BCUT2D eigenvalue weighted by molar-refractivity contribution is 7.22. The molecule has 92 valence electrons. The Morgan fingerprint density at radius 2 is 2.06 bits per heavy atom. The lowest BCUT2D eigenvalue weighted by atomic mass is 10.2. The number of alkyl halides is 1. The van der Waals surface area contributed by atoms with E-state index in [-0.39, 0.29) is 0 Å². The minimum Gasteiger partial charge on any atom is -0.351 e. The van der Waals surface area contributed by atoms with E-state index in [0.717, 1.165) is 29.5 Å². The van der Waals surface area contributed by atoms with Gasteiger partial charge in [-0.1, -0.05) is 29.9 Å². The van der Waals surface area contributed by atoms with E-state index in [9.17, 15) is 0 Å². The second-order valence-electron chi connectivity index (χ2n) is 4.14. The Morgan fingerprint density at radius 3 is 2.82 bits per heavy atom. The monoisotopic (exact) mass is 268 g/mol. The first-order valence-corrected chi connectivity index (χ1v) is 7.29. The SMILES string of the molecule is CN(CCCCCCl)c1nc2ccccc2s1. The zero-order valence-electron chi connectivity index (χ0n) is 10.0. The summed E-state index contributed by atoms with van der Waals surface area (Å²) < 4.78 is 1.26. The summed E-state index contributed by atoms with van der Waals surface area (Å²) >= 11 is 7.42. The summed E-state index contributed by atoms with van der Waals surface area (Å²) in [4.78, 5) is 6.86. The molecule has 1 aromatic carbocycles. The first-order chi connectivity index (χ1) is 8.31. The number of unbranched alkanes of at least 4 members (excludes halogenated alkanes) is 2. The number of nitrogens with zero attached hydrogens (tertiary/aromatic N) is 2. The van der Waals surface area contributed by atoms with Gasteiger partial charge in [0.1, 0.15) is 0 Å². The maximum atomic E-state index is 5.66. The Morgan fingerprint density at radius 1 is 1.24 bits per heavy atom. The Bertz CT molecular complexity index is 436. The van der Waals surface area contributed by atoms with E-state index in [4.69, 9.17) is 11.6 Å². The van der Waals surface area contributed by atoms with Gasteiger partial charge in [-0.05, 0) is 25.0 Å². The van der Waals surface area contributed by atoms with Crippen molar-refractivity contribution in [3.05, 3.63) is 24.3 Å². The van der Waals surface area contributed by atoms with E-state index in [2.05, 4.69) is 35.1 Å². The van der Waals surface area contributed by atoms with Crippen LogP contribution in [0.3, 0.4) is 0 Å². The maximum absolute atomic E-state index is 5.66. The zero-order chi connectivity index (χ0) is 12.1. The van der Waals surface area contributed by atoms with Crippen LogP contribution in [0, 0.1) is 0 Å². The molecule has 0 amide bonds. The van der Waals surface area contributed by atoms with Gasteiger partial charge >= 0.3 is 0 Å². The van der Waals surface area contributed by atoms with Gasteiger partial charge in [0.15, 0.2) is 5.13 Å². The highest BCUT2D eigenvalue weighted by Gasteiger charge is 2.07. The van der Waals surface area contributed by atoms with Crippen LogP contribution >= 0.6 is 22.9 Å². The highest BCUT2D eigenvalue weighted by atomic mass is 35.5. The maximum Gasteiger partial charge on any atom is 0.186 e. The van der Waals surface area contributed by atoms with Gasteiger partial charge in [0, 0.05) is 19.5 Å². The molecule has 17 heavy (non-hydrogen) atoms. The van der Waals surface area contributed by atoms with Crippen molar-refractivity contribution in [3.63, 3.8) is 0 Å². The Labute approximate surface area is 111 Å². The molecule has 0 saturated carbocycles. The molecule has 4 heteroatoms. The molecule has 0 aliphatic rings. The van der Waals surface area contributed by atoms with Gasteiger partial charge < -0.3 is 4.90 Å². The smallest absolute Gasteiger partial charge is 0.186 e. The van der Waals surface area contributed by atoms with Crippen LogP contribution in [0.4, 0.5) is 5.13 Å². The minimum atomic E-state index is 0.769. The average Bonchev–Trinajstić information content (AvgIpc) is 2.78. The number of hydrogen-bond acceptors (Lipinski definition) is 3. The third-order valence-corrected chi connectivity index (χ3v) is 4.15. The summed E-state index contributed by atoms with van der Waals surface area (Å²) in [6, 6.07) is 8.28. The van der Waals surface area contributed by atoms with Crippen molar-refractivity contribution in [2.45, 2.75) is 19.3 Å². The number of benzene rings is 1. The molecule has 0 saturated heterocycles. The summed E-state index contributed by atoms with van der Waals surface area (Å²) in [7, 11) is 2.11. The van der Waals surface area contributed by atoms with Crippen molar-refractivity contribution in [1.82, 2.24) is 4.98 Å². The van der Waals surface area contributed by atoms with E-state index in [1.54, 1.807) is 11.3 Å². The zero-order valence-corrected chi connectivity index (χ0v) is 11.6. The molecule has 0 radical (unpaired) electrons. The molecule has 0 spiro atoms. The fourth-order valence-electron chi connectivity index (χ4n) is 1.74. The molecule has 0 N–H and O–H groups in total. The van der Waals surface area contributed by atoms with Crippen LogP contribution < -0.4 is 4.90 Å². The molecule has 0 aliphatic carbocycles. The van der Waals surface area contributed by atoms with Gasteiger partial charge in [0.05, 0.1) is 10.2 Å². The normalized spacial score (nSPS) is 10.9. The Kier molecular flexibility index (Phi) is 4.63. The van der Waals surface area contributed by atoms with Gasteiger partial charge in [-0.25, -0.2) is 4.98 Å². The highest BCUT2D eigenvalue weighted by Crippen LogP contribution is 2.27. The average molecular weight is 269 g/mol. The van der Waals surface area contributed by atoms with E-state index >= 15 is 0 Å². The Balaban J connectivity index is 1.96. The third kappa shape index (κ3) is 3.33. The lowest BCUT2D eigenvalue weighted by molar-refractivity contribution is 0.707. The summed E-state index contributed by atoms with van der Waals surface area (Å²) in [5, 5.41) is 1.11. The quantitative estimate of drug-likeness (QED) is 0.578. The lowest BCUT2D eigenvalue weighted by Gasteiger charge is -2.14. The van der Waals surface area contributed by atoms with Crippen LogP contribution in [0.2, 0.25) is 0 Å². The molecule has 0 atom stereocenters. The van der Waals surface area contributed by atoms with Crippen LogP contribution in [0.25, 0.3) is 10.2 Å². The van der Waals surface area contributed by atoms with E-state index in [1.807, 2.05) is 6.07 Å². The van der Waals surface area contributed by atoms with Crippen LogP contribution in [-0.4, -0.2) is 24.5 Å².